The van der Waals surface area contributed by atoms with Crippen LogP contribution in [-0.2, 0) is 0 Å². The second-order valence-corrected chi connectivity index (χ2v) is 2.55. The molecule has 0 unspecified atom stereocenters. The number of urea groups is 1. The molecule has 0 bridgehead atoms. The molecular weight excluding hydrogens is 183 g/mol. The number of nitrogens with one attached hydrogen (secondary N) is 1. The average Bonchev–Trinajstić information content (AvgIpc) is 1.96. The van der Waals surface area contributed by atoms with Gasteiger partial charge in [-0.15, -0.1) is 0 Å². The molecule has 0 saturated carbocycles. The van der Waals surface area contributed by atoms with Gasteiger partial charge < -0.3 is 11.1 Å². The number of hydrogen-bond donors (Lipinski definition) is 2. The molecule has 0 aliphatic rings. The molecule has 3 N–H and O–H groups in total. The molecule has 1 aromatic rings. The molecule has 0 aliphatic heterocycles. The van der Waals surface area contributed by atoms with Crippen molar-refractivity contribution in [3.63, 3.8) is 0 Å². The normalized spacial score (nSPS) is 9.50. The number of amides is 2. The number of nitrogens with two attached hydrogens (primary N) is 1. The molecule has 5 heteroatoms. The lowest BCUT2D eigenvalue weighted by Gasteiger charge is -2.02. The van der Waals surface area contributed by atoms with Gasteiger partial charge in [-0.2, -0.15) is 0 Å². The first kappa shape index (κ1) is 8.80. The number of rotatable bonds is 1. The minimum absolute atomic E-state index is 0.0185. The second-order valence-electron chi connectivity index (χ2n) is 2.11. The number of hydrogen-bond acceptors (Lipinski definition) is 1. The molecule has 1 aromatic carbocycles. The predicted molar refractivity (Wildman–Crippen MR) is 44.6 cm³/mol. The topological polar surface area (TPSA) is 55.1 Å². The van der Waals surface area contributed by atoms with Gasteiger partial charge in [-0.1, -0.05) is 11.6 Å². The van der Waals surface area contributed by atoms with E-state index in [1.807, 2.05) is 0 Å². The molecule has 0 radical (unpaired) electrons. The van der Waals surface area contributed by atoms with E-state index < -0.39 is 11.8 Å². The summed E-state index contributed by atoms with van der Waals surface area (Å²) in [6.45, 7) is 0. The number of primary amides is 1. The van der Waals surface area contributed by atoms with Crippen LogP contribution in [0.5, 0.6) is 0 Å². The number of halogens is 2. The van der Waals surface area contributed by atoms with E-state index in [4.69, 9.17) is 17.3 Å². The quantitative estimate of drug-likeness (QED) is 0.696. The van der Waals surface area contributed by atoms with E-state index in [0.29, 0.717) is 5.02 Å². The lowest BCUT2D eigenvalue weighted by molar-refractivity contribution is 0.259. The number of carbonyl (C=O) groups is 1. The fraction of sp³-hybridized carbons (Fsp3) is 0. The van der Waals surface area contributed by atoms with Gasteiger partial charge in [0, 0.05) is 5.02 Å². The Morgan fingerprint density at radius 3 is 2.83 bits per heavy atom. The van der Waals surface area contributed by atoms with Crippen LogP contribution in [0.15, 0.2) is 18.2 Å². The van der Waals surface area contributed by atoms with Crippen LogP contribution in [0.25, 0.3) is 0 Å². The monoisotopic (exact) mass is 188 g/mol. The Hall–Kier alpha value is -1.29. The Balaban J connectivity index is 2.97. The van der Waals surface area contributed by atoms with Gasteiger partial charge >= 0.3 is 6.03 Å². The molecule has 12 heavy (non-hydrogen) atoms. The van der Waals surface area contributed by atoms with Crippen LogP contribution in [0.1, 0.15) is 0 Å². The highest BCUT2D eigenvalue weighted by molar-refractivity contribution is 6.30. The minimum Gasteiger partial charge on any atom is -0.351 e. The average molecular weight is 189 g/mol. The summed E-state index contributed by atoms with van der Waals surface area (Å²) in [4.78, 5) is 10.3. The SMILES string of the molecule is NC(=O)Nc1cc(Cl)ccc1F. The van der Waals surface area contributed by atoms with Gasteiger partial charge in [-0.25, -0.2) is 9.18 Å². The van der Waals surface area contributed by atoms with Crippen molar-refractivity contribution in [2.75, 3.05) is 5.32 Å². The summed E-state index contributed by atoms with van der Waals surface area (Å²) in [5, 5.41) is 2.43. The summed E-state index contributed by atoms with van der Waals surface area (Å²) in [6.07, 6.45) is 0. The van der Waals surface area contributed by atoms with Crippen LogP contribution >= 0.6 is 11.6 Å². The van der Waals surface area contributed by atoms with Gasteiger partial charge in [0.2, 0.25) is 0 Å². The third-order valence-corrected chi connectivity index (χ3v) is 1.42. The third-order valence-electron chi connectivity index (χ3n) is 1.19. The lowest BCUT2D eigenvalue weighted by atomic mass is 10.3. The summed E-state index contributed by atoms with van der Waals surface area (Å²) < 4.78 is 12.8. The largest absolute Gasteiger partial charge is 0.351 e. The highest BCUT2D eigenvalue weighted by Gasteiger charge is 2.03. The van der Waals surface area contributed by atoms with Crippen LogP contribution in [0.3, 0.4) is 0 Å². The summed E-state index contributed by atoms with van der Waals surface area (Å²) >= 11 is 5.54. The zero-order valence-corrected chi connectivity index (χ0v) is 6.73. The van der Waals surface area contributed by atoms with Crippen LogP contribution < -0.4 is 11.1 Å². The van der Waals surface area contributed by atoms with Crippen molar-refractivity contribution >= 4 is 23.3 Å². The van der Waals surface area contributed by atoms with E-state index in [1.54, 1.807) is 0 Å². The molecule has 0 saturated heterocycles. The molecule has 3 nitrogen and oxygen atoms in total. The Morgan fingerprint density at radius 2 is 2.25 bits per heavy atom. The highest BCUT2D eigenvalue weighted by Crippen LogP contribution is 2.18. The maximum Gasteiger partial charge on any atom is 0.316 e. The summed E-state index contributed by atoms with van der Waals surface area (Å²) in [5.41, 5.74) is 4.77. The molecule has 0 aromatic heterocycles. The van der Waals surface area contributed by atoms with Crippen molar-refractivity contribution in [3.8, 4) is 0 Å². The van der Waals surface area contributed by atoms with Crippen molar-refractivity contribution in [1.82, 2.24) is 0 Å². The zero-order chi connectivity index (χ0) is 9.14. The van der Waals surface area contributed by atoms with Gasteiger partial charge in [0.25, 0.3) is 0 Å². The lowest BCUT2D eigenvalue weighted by Crippen LogP contribution is -2.19. The number of anilines is 1. The first-order valence-corrected chi connectivity index (χ1v) is 3.49. The molecule has 2 amide bonds. The van der Waals surface area contributed by atoms with E-state index in [0.717, 1.165) is 6.07 Å². The molecule has 0 atom stereocenters. The molecule has 0 heterocycles. The second kappa shape index (κ2) is 3.40. The fourth-order valence-corrected chi connectivity index (χ4v) is 0.898. The van der Waals surface area contributed by atoms with Crippen LogP contribution in [-0.4, -0.2) is 6.03 Å². The third kappa shape index (κ3) is 2.10. The molecule has 0 aliphatic carbocycles. The van der Waals surface area contributed by atoms with Crippen molar-refractivity contribution in [2.45, 2.75) is 0 Å². The maximum atomic E-state index is 12.8. The first-order valence-electron chi connectivity index (χ1n) is 3.11. The minimum atomic E-state index is -0.823. The summed E-state index contributed by atoms with van der Waals surface area (Å²) in [6, 6.07) is 2.98. The predicted octanol–water partition coefficient (Wildman–Crippen LogP) is 1.97. The smallest absolute Gasteiger partial charge is 0.316 e. The van der Waals surface area contributed by atoms with Crippen molar-refractivity contribution in [2.24, 2.45) is 5.73 Å². The molecule has 64 valence electrons. The standard InChI is InChI=1S/C7H6ClFN2O/c8-4-1-2-5(9)6(3-4)11-7(10)12/h1-3H,(H3,10,11,12). The van der Waals surface area contributed by atoms with Crippen molar-refractivity contribution in [3.05, 3.63) is 29.0 Å². The molecule has 0 fully saturated rings. The fourth-order valence-electron chi connectivity index (χ4n) is 0.726. The van der Waals surface area contributed by atoms with E-state index >= 15 is 0 Å². The van der Waals surface area contributed by atoms with Gasteiger partial charge in [0.15, 0.2) is 0 Å². The number of carbonyl (C=O) groups excluding carboxylic acids is 1. The van der Waals surface area contributed by atoms with Crippen LogP contribution in [0.4, 0.5) is 14.9 Å². The first-order chi connectivity index (χ1) is 5.59. The summed E-state index contributed by atoms with van der Waals surface area (Å²) in [5.74, 6) is -0.571. The highest BCUT2D eigenvalue weighted by atomic mass is 35.5. The van der Waals surface area contributed by atoms with Crippen LogP contribution in [0, 0.1) is 5.82 Å². The Labute approximate surface area is 73.3 Å². The van der Waals surface area contributed by atoms with Gasteiger partial charge in [0.05, 0.1) is 5.69 Å². The van der Waals surface area contributed by atoms with E-state index in [1.165, 1.54) is 12.1 Å². The molecule has 1 rings (SSSR count). The Kier molecular flexibility index (Phi) is 2.50. The Bertz CT molecular complexity index is 316. The summed E-state index contributed by atoms with van der Waals surface area (Å²) in [7, 11) is 0. The molecular formula is C7H6ClFN2O. The Morgan fingerprint density at radius 1 is 1.58 bits per heavy atom. The maximum absolute atomic E-state index is 12.8. The van der Waals surface area contributed by atoms with Crippen LogP contribution in [0.2, 0.25) is 5.02 Å². The van der Waals surface area contributed by atoms with Gasteiger partial charge in [0.1, 0.15) is 5.82 Å². The van der Waals surface area contributed by atoms with E-state index in [-0.39, 0.29) is 5.69 Å². The molecule has 0 spiro atoms. The van der Waals surface area contributed by atoms with E-state index in [9.17, 15) is 9.18 Å². The van der Waals surface area contributed by atoms with Gasteiger partial charge in [-0.3, -0.25) is 0 Å². The number of benzene rings is 1. The zero-order valence-electron chi connectivity index (χ0n) is 5.97. The van der Waals surface area contributed by atoms with Crippen molar-refractivity contribution < 1.29 is 9.18 Å². The van der Waals surface area contributed by atoms with E-state index in [2.05, 4.69) is 5.32 Å². The van der Waals surface area contributed by atoms with Gasteiger partial charge in [-0.05, 0) is 18.2 Å². The van der Waals surface area contributed by atoms with Crippen molar-refractivity contribution in [1.29, 1.82) is 0 Å².